The Hall–Kier alpha value is -4.87. The number of nitrogens with one attached hydrogen (secondary N) is 1. The summed E-state index contributed by atoms with van der Waals surface area (Å²) in [6.07, 6.45) is 8.91. The first-order chi connectivity index (χ1) is 18.9. The van der Waals surface area contributed by atoms with Crippen molar-refractivity contribution in [2.24, 2.45) is 7.05 Å². The highest BCUT2D eigenvalue weighted by Gasteiger charge is 2.45. The Balaban J connectivity index is 1.33. The van der Waals surface area contributed by atoms with E-state index in [1.54, 1.807) is 48.4 Å². The van der Waals surface area contributed by atoms with E-state index in [-0.39, 0.29) is 29.8 Å². The fraction of sp³-hybridized carbons (Fsp3) is 0.259. The van der Waals surface area contributed by atoms with Crippen molar-refractivity contribution in [1.82, 2.24) is 34.6 Å². The first-order valence-electron chi connectivity index (χ1n) is 12.5. The monoisotopic (exact) mass is 527 g/mol. The van der Waals surface area contributed by atoms with E-state index < -0.39 is 5.82 Å². The second kappa shape index (κ2) is 9.78. The summed E-state index contributed by atoms with van der Waals surface area (Å²) in [5, 5.41) is 7.36. The molecule has 3 aromatic heterocycles. The molecule has 4 aromatic rings. The Labute approximate surface area is 224 Å². The molecule has 2 fully saturated rings. The number of nitrogens with zero attached hydrogens (tertiary/aromatic N) is 8. The SMILES string of the molecule is C=CC(=O)N1CC2CC1CN2c1nc(Nc2cnn(C)c2)ncc1-c1ccc(Oc2nccc(C)n2)c(F)c1. The van der Waals surface area contributed by atoms with Gasteiger partial charge in [0, 0.05) is 50.0 Å². The molecule has 2 aliphatic rings. The van der Waals surface area contributed by atoms with Gasteiger partial charge in [-0.05, 0) is 43.2 Å². The van der Waals surface area contributed by atoms with Gasteiger partial charge < -0.3 is 19.9 Å². The van der Waals surface area contributed by atoms with Crippen LogP contribution in [-0.2, 0) is 11.8 Å². The first-order valence-corrected chi connectivity index (χ1v) is 12.5. The van der Waals surface area contributed by atoms with E-state index in [9.17, 15) is 4.79 Å². The number of halogens is 1. The number of amides is 1. The molecule has 1 N–H and O–H groups in total. The summed E-state index contributed by atoms with van der Waals surface area (Å²) in [4.78, 5) is 33.9. The second-order valence-corrected chi connectivity index (χ2v) is 9.58. The highest BCUT2D eigenvalue weighted by atomic mass is 19.1. The summed E-state index contributed by atoms with van der Waals surface area (Å²) in [6.45, 7) is 6.61. The summed E-state index contributed by atoms with van der Waals surface area (Å²) < 4.78 is 22.5. The molecule has 2 saturated heterocycles. The lowest BCUT2D eigenvalue weighted by Crippen LogP contribution is -2.48. The summed E-state index contributed by atoms with van der Waals surface area (Å²) in [7, 11) is 1.82. The number of anilines is 3. The minimum atomic E-state index is -0.563. The van der Waals surface area contributed by atoms with Crippen LogP contribution >= 0.6 is 0 Å². The molecule has 1 aromatic carbocycles. The molecule has 1 amide bonds. The molecule has 2 unspecified atom stereocenters. The molecule has 2 atom stereocenters. The smallest absolute Gasteiger partial charge is 0.322 e. The molecule has 11 nitrogen and oxygen atoms in total. The minimum absolute atomic E-state index is 0.0143. The molecule has 39 heavy (non-hydrogen) atoms. The molecular weight excluding hydrogens is 501 g/mol. The van der Waals surface area contributed by atoms with E-state index in [4.69, 9.17) is 9.72 Å². The number of rotatable bonds is 7. The number of aryl methyl sites for hydroxylation is 2. The van der Waals surface area contributed by atoms with E-state index in [1.807, 2.05) is 18.1 Å². The Kier molecular flexibility index (Phi) is 6.14. The van der Waals surface area contributed by atoms with E-state index in [2.05, 4.69) is 36.8 Å². The summed E-state index contributed by atoms with van der Waals surface area (Å²) in [5.41, 5.74) is 2.72. The van der Waals surface area contributed by atoms with Crippen molar-refractivity contribution >= 4 is 23.4 Å². The maximum atomic E-state index is 15.2. The standard InChI is InChI=1S/C27H26FN9O2/c1-4-24(38)36-14-20-10-19(36)15-37(20)25-21(12-30-26(34-25)33-18-11-31-35(3)13-18)17-5-6-23(22(28)9-17)39-27-29-8-7-16(2)32-27/h4-9,11-13,19-20H,1,10,14-15H2,2-3H3,(H,30,33,34). The number of aromatic nitrogens is 6. The van der Waals surface area contributed by atoms with E-state index in [0.717, 1.165) is 12.1 Å². The molecular formula is C27H26FN9O2. The maximum Gasteiger partial charge on any atom is 0.322 e. The molecule has 0 saturated carbocycles. The first kappa shape index (κ1) is 24.5. The van der Waals surface area contributed by atoms with Crippen LogP contribution in [0.3, 0.4) is 0 Å². The molecule has 12 heteroatoms. The lowest BCUT2D eigenvalue weighted by atomic mass is 10.1. The van der Waals surface area contributed by atoms with Gasteiger partial charge in [-0.1, -0.05) is 12.6 Å². The number of likely N-dealkylation sites (tertiary alicyclic amines) is 1. The predicted molar refractivity (Wildman–Crippen MR) is 142 cm³/mol. The van der Waals surface area contributed by atoms with Crippen molar-refractivity contribution in [1.29, 1.82) is 0 Å². The average Bonchev–Trinajstić information content (AvgIpc) is 3.65. The normalized spacial score (nSPS) is 17.9. The molecule has 198 valence electrons. The molecule has 0 aliphatic carbocycles. The third kappa shape index (κ3) is 4.76. The van der Waals surface area contributed by atoms with E-state index in [1.165, 1.54) is 12.1 Å². The van der Waals surface area contributed by atoms with Gasteiger partial charge in [-0.25, -0.2) is 19.3 Å². The molecule has 6 rings (SSSR count). The van der Waals surface area contributed by atoms with Crippen LogP contribution in [0.5, 0.6) is 11.8 Å². The van der Waals surface area contributed by atoms with E-state index in [0.29, 0.717) is 41.7 Å². The average molecular weight is 528 g/mol. The zero-order valence-corrected chi connectivity index (χ0v) is 21.5. The number of hydrogen-bond acceptors (Lipinski definition) is 9. The number of carbonyl (C=O) groups is 1. The molecule has 2 bridgehead atoms. The summed E-state index contributed by atoms with van der Waals surface area (Å²) in [5.74, 6) is 0.428. The van der Waals surface area contributed by atoms with Gasteiger partial charge in [0.15, 0.2) is 11.6 Å². The largest absolute Gasteiger partial charge is 0.421 e. The number of piperazine rings is 1. The summed E-state index contributed by atoms with van der Waals surface area (Å²) in [6, 6.07) is 6.63. The van der Waals surface area contributed by atoms with Gasteiger partial charge in [-0.15, -0.1) is 0 Å². The van der Waals surface area contributed by atoms with Crippen LogP contribution in [-0.4, -0.2) is 65.7 Å². The fourth-order valence-electron chi connectivity index (χ4n) is 5.11. The zero-order valence-electron chi connectivity index (χ0n) is 21.5. The van der Waals surface area contributed by atoms with Gasteiger partial charge in [0.25, 0.3) is 0 Å². The van der Waals surface area contributed by atoms with Crippen LogP contribution in [0, 0.1) is 12.7 Å². The van der Waals surface area contributed by atoms with Crippen molar-refractivity contribution in [3.05, 3.63) is 73.2 Å². The zero-order chi connectivity index (χ0) is 27.1. The van der Waals surface area contributed by atoms with Gasteiger partial charge in [0.05, 0.1) is 24.0 Å². The Morgan fingerprint density at radius 2 is 2.05 bits per heavy atom. The van der Waals surface area contributed by atoms with Crippen molar-refractivity contribution < 1.29 is 13.9 Å². The number of hydrogen-bond donors (Lipinski definition) is 1. The molecule has 2 aliphatic heterocycles. The quantitative estimate of drug-likeness (QED) is 0.360. The fourth-order valence-corrected chi connectivity index (χ4v) is 5.11. The minimum Gasteiger partial charge on any atom is -0.421 e. The highest BCUT2D eigenvalue weighted by Crippen LogP contribution is 2.40. The Morgan fingerprint density at radius 1 is 1.18 bits per heavy atom. The Morgan fingerprint density at radius 3 is 2.74 bits per heavy atom. The second-order valence-electron chi connectivity index (χ2n) is 9.58. The van der Waals surface area contributed by atoms with Crippen LogP contribution in [0.25, 0.3) is 11.1 Å². The predicted octanol–water partition coefficient (Wildman–Crippen LogP) is 3.63. The number of fused-ring (bicyclic) bond motifs is 2. The molecule has 0 radical (unpaired) electrons. The van der Waals surface area contributed by atoms with Crippen LogP contribution < -0.4 is 15.0 Å². The van der Waals surface area contributed by atoms with E-state index >= 15 is 4.39 Å². The maximum absolute atomic E-state index is 15.2. The highest BCUT2D eigenvalue weighted by molar-refractivity contribution is 5.88. The third-order valence-corrected chi connectivity index (χ3v) is 6.92. The van der Waals surface area contributed by atoms with Crippen molar-refractivity contribution in [3.63, 3.8) is 0 Å². The van der Waals surface area contributed by atoms with Gasteiger partial charge in [-0.2, -0.15) is 10.1 Å². The van der Waals surface area contributed by atoms with Crippen LogP contribution in [0.1, 0.15) is 12.1 Å². The number of ether oxygens (including phenoxy) is 1. The van der Waals surface area contributed by atoms with Gasteiger partial charge in [0.1, 0.15) is 5.82 Å². The topological polar surface area (TPSA) is 114 Å². The number of benzene rings is 1. The molecule has 0 spiro atoms. The van der Waals surface area contributed by atoms with Crippen LogP contribution in [0.15, 0.2) is 61.7 Å². The lowest BCUT2D eigenvalue weighted by molar-refractivity contribution is -0.127. The number of carbonyl (C=O) groups excluding carboxylic acids is 1. The molecule has 5 heterocycles. The van der Waals surface area contributed by atoms with Crippen LogP contribution in [0.4, 0.5) is 21.8 Å². The summed E-state index contributed by atoms with van der Waals surface area (Å²) >= 11 is 0. The van der Waals surface area contributed by atoms with Crippen LogP contribution in [0.2, 0.25) is 0 Å². The van der Waals surface area contributed by atoms with Gasteiger partial charge in [0.2, 0.25) is 11.9 Å². The lowest BCUT2D eigenvalue weighted by Gasteiger charge is -2.35. The third-order valence-electron chi connectivity index (χ3n) is 6.92. The van der Waals surface area contributed by atoms with Crippen molar-refractivity contribution in [3.8, 4) is 22.9 Å². The van der Waals surface area contributed by atoms with Gasteiger partial charge in [-0.3, -0.25) is 9.48 Å². The van der Waals surface area contributed by atoms with Gasteiger partial charge >= 0.3 is 6.01 Å². The Bertz CT molecular complexity index is 1570. The van der Waals surface area contributed by atoms with Crippen molar-refractivity contribution in [2.75, 3.05) is 23.3 Å². The van der Waals surface area contributed by atoms with Crippen molar-refractivity contribution in [2.45, 2.75) is 25.4 Å².